The maximum Gasteiger partial charge on any atom is 0.150 e. The minimum Gasteiger partial charge on any atom is -0.396 e. The Balaban J connectivity index is 4.34. The monoisotopic (exact) mass is 224 g/mol. The summed E-state index contributed by atoms with van der Waals surface area (Å²) in [6.07, 6.45) is 0.909. The molecule has 0 heterocycles. The van der Waals surface area contributed by atoms with Gasteiger partial charge in [-0.3, -0.25) is 0 Å². The van der Waals surface area contributed by atoms with E-state index in [-0.39, 0.29) is 24.7 Å². The Morgan fingerprint density at radius 1 is 1.14 bits per heavy atom. The summed E-state index contributed by atoms with van der Waals surface area (Å²) in [7, 11) is -3.01. The van der Waals surface area contributed by atoms with Gasteiger partial charge in [-0.25, -0.2) is 8.42 Å². The van der Waals surface area contributed by atoms with Crippen LogP contribution in [-0.2, 0) is 9.84 Å². The molecule has 0 aromatic rings. The summed E-state index contributed by atoms with van der Waals surface area (Å²) < 4.78 is 22.5. The molecular formula is C9H20O4S. The molecule has 0 saturated heterocycles. The molecular weight excluding hydrogens is 204 g/mol. The Morgan fingerprint density at radius 2 is 1.64 bits per heavy atom. The number of rotatable bonds is 7. The van der Waals surface area contributed by atoms with E-state index in [1.165, 1.54) is 0 Å². The average Bonchev–Trinajstić information content (AvgIpc) is 2.21. The maximum atomic E-state index is 11.2. The first-order valence-electron chi connectivity index (χ1n) is 4.87. The lowest BCUT2D eigenvalue weighted by Gasteiger charge is -2.27. The second-order valence-electron chi connectivity index (χ2n) is 3.66. The first-order valence-corrected chi connectivity index (χ1v) is 6.69. The van der Waals surface area contributed by atoms with Crippen molar-refractivity contribution >= 4 is 9.84 Å². The fourth-order valence-electron chi connectivity index (χ4n) is 1.12. The van der Waals surface area contributed by atoms with Gasteiger partial charge in [-0.1, -0.05) is 13.8 Å². The summed E-state index contributed by atoms with van der Waals surface area (Å²) >= 11 is 0. The van der Waals surface area contributed by atoms with Crippen LogP contribution in [-0.4, -0.2) is 43.4 Å². The normalized spacial score (nSPS) is 13.1. The predicted octanol–water partition coefficient (Wildman–Crippen LogP) is 0.192. The lowest BCUT2D eigenvalue weighted by Crippen LogP contribution is -2.31. The van der Waals surface area contributed by atoms with E-state index in [1.807, 2.05) is 6.92 Å². The Hall–Kier alpha value is -0.130. The lowest BCUT2D eigenvalue weighted by atomic mass is 9.84. The third-order valence-electron chi connectivity index (χ3n) is 2.80. The third kappa shape index (κ3) is 3.94. The molecule has 0 radical (unpaired) electrons. The molecule has 0 rings (SSSR count). The standard InChI is InChI=1S/C9H20O4S/c1-3-9(7-10,8-11)5-6-14(12,13)4-2/h10-11H,3-8H2,1-2H3. The highest BCUT2D eigenvalue weighted by Gasteiger charge is 2.28. The molecule has 0 aromatic heterocycles. The second kappa shape index (κ2) is 5.68. The van der Waals surface area contributed by atoms with Gasteiger partial charge in [0.05, 0.1) is 19.0 Å². The van der Waals surface area contributed by atoms with E-state index in [0.717, 1.165) is 0 Å². The Bertz CT molecular complexity index is 233. The average molecular weight is 224 g/mol. The molecule has 86 valence electrons. The molecule has 0 aliphatic rings. The van der Waals surface area contributed by atoms with Gasteiger partial charge < -0.3 is 10.2 Å². The van der Waals surface area contributed by atoms with Crippen LogP contribution in [0.2, 0.25) is 0 Å². The van der Waals surface area contributed by atoms with Crippen LogP contribution in [0.15, 0.2) is 0 Å². The van der Waals surface area contributed by atoms with Crippen molar-refractivity contribution in [1.29, 1.82) is 0 Å². The zero-order valence-electron chi connectivity index (χ0n) is 8.86. The SMILES string of the molecule is CCC(CO)(CO)CCS(=O)(=O)CC. The molecule has 2 N–H and O–H groups in total. The highest BCUT2D eigenvalue weighted by Crippen LogP contribution is 2.25. The van der Waals surface area contributed by atoms with Crippen LogP contribution in [0.3, 0.4) is 0 Å². The smallest absolute Gasteiger partial charge is 0.150 e. The van der Waals surface area contributed by atoms with Crippen molar-refractivity contribution < 1.29 is 18.6 Å². The van der Waals surface area contributed by atoms with E-state index < -0.39 is 15.3 Å². The quantitative estimate of drug-likeness (QED) is 0.647. The molecule has 5 heteroatoms. The minimum atomic E-state index is -3.01. The summed E-state index contributed by atoms with van der Waals surface area (Å²) in [4.78, 5) is 0. The summed E-state index contributed by atoms with van der Waals surface area (Å²) in [5.41, 5.74) is -0.637. The zero-order chi connectivity index (χ0) is 11.2. The van der Waals surface area contributed by atoms with Gasteiger partial charge in [-0.2, -0.15) is 0 Å². The topological polar surface area (TPSA) is 74.6 Å². The van der Waals surface area contributed by atoms with Crippen LogP contribution in [0.4, 0.5) is 0 Å². The molecule has 4 nitrogen and oxygen atoms in total. The van der Waals surface area contributed by atoms with Gasteiger partial charge >= 0.3 is 0 Å². The van der Waals surface area contributed by atoms with Gasteiger partial charge in [-0.05, 0) is 12.8 Å². The van der Waals surface area contributed by atoms with Crippen molar-refractivity contribution in [3.63, 3.8) is 0 Å². The van der Waals surface area contributed by atoms with Gasteiger partial charge in [-0.15, -0.1) is 0 Å². The predicted molar refractivity (Wildman–Crippen MR) is 55.8 cm³/mol. The maximum absolute atomic E-state index is 11.2. The van der Waals surface area contributed by atoms with E-state index in [2.05, 4.69) is 0 Å². The van der Waals surface area contributed by atoms with Crippen molar-refractivity contribution in [3.8, 4) is 0 Å². The zero-order valence-corrected chi connectivity index (χ0v) is 9.68. The molecule has 0 aromatic carbocycles. The van der Waals surface area contributed by atoms with E-state index in [0.29, 0.717) is 12.8 Å². The van der Waals surface area contributed by atoms with Crippen molar-refractivity contribution in [2.24, 2.45) is 5.41 Å². The molecule has 14 heavy (non-hydrogen) atoms. The Kier molecular flexibility index (Phi) is 5.63. The molecule has 0 saturated carbocycles. The van der Waals surface area contributed by atoms with Crippen LogP contribution in [0.1, 0.15) is 26.7 Å². The van der Waals surface area contributed by atoms with Crippen LogP contribution in [0.5, 0.6) is 0 Å². The fourth-order valence-corrected chi connectivity index (χ4v) is 2.16. The van der Waals surface area contributed by atoms with E-state index in [9.17, 15) is 8.42 Å². The highest BCUT2D eigenvalue weighted by molar-refractivity contribution is 7.91. The summed E-state index contributed by atoms with van der Waals surface area (Å²) in [5, 5.41) is 18.2. The van der Waals surface area contributed by atoms with Crippen molar-refractivity contribution in [1.82, 2.24) is 0 Å². The largest absolute Gasteiger partial charge is 0.396 e. The van der Waals surface area contributed by atoms with Crippen LogP contribution in [0, 0.1) is 5.41 Å². The first-order chi connectivity index (χ1) is 6.45. The molecule has 0 aliphatic carbocycles. The highest BCUT2D eigenvalue weighted by atomic mass is 32.2. The third-order valence-corrected chi connectivity index (χ3v) is 4.51. The van der Waals surface area contributed by atoms with Crippen LogP contribution >= 0.6 is 0 Å². The molecule has 0 bridgehead atoms. The second-order valence-corrected chi connectivity index (χ2v) is 6.13. The van der Waals surface area contributed by atoms with E-state index in [4.69, 9.17) is 10.2 Å². The number of hydrogen-bond donors (Lipinski definition) is 2. The molecule has 0 unspecified atom stereocenters. The van der Waals surface area contributed by atoms with Crippen molar-refractivity contribution in [2.45, 2.75) is 26.7 Å². The van der Waals surface area contributed by atoms with Gasteiger partial charge in [0, 0.05) is 11.2 Å². The molecule has 0 aliphatic heterocycles. The molecule has 0 atom stereocenters. The summed E-state index contributed by atoms with van der Waals surface area (Å²) in [6.45, 7) is 3.10. The Labute approximate surface area is 85.9 Å². The fraction of sp³-hybridized carbons (Fsp3) is 1.00. The lowest BCUT2D eigenvalue weighted by molar-refractivity contribution is 0.0487. The van der Waals surface area contributed by atoms with Gasteiger partial charge in [0.25, 0.3) is 0 Å². The van der Waals surface area contributed by atoms with Crippen molar-refractivity contribution in [2.75, 3.05) is 24.7 Å². The summed E-state index contributed by atoms with van der Waals surface area (Å²) in [6, 6.07) is 0. The first kappa shape index (κ1) is 13.9. The number of aliphatic hydroxyl groups excluding tert-OH is 2. The van der Waals surface area contributed by atoms with Gasteiger partial charge in [0.15, 0.2) is 0 Å². The van der Waals surface area contributed by atoms with E-state index >= 15 is 0 Å². The summed E-state index contributed by atoms with van der Waals surface area (Å²) in [5.74, 6) is 0.155. The number of sulfone groups is 1. The van der Waals surface area contributed by atoms with Crippen molar-refractivity contribution in [3.05, 3.63) is 0 Å². The van der Waals surface area contributed by atoms with E-state index in [1.54, 1.807) is 6.92 Å². The molecule has 0 fully saturated rings. The molecule has 0 amide bonds. The minimum absolute atomic E-state index is 0.0401. The Morgan fingerprint density at radius 3 is 1.93 bits per heavy atom. The number of aliphatic hydroxyl groups is 2. The van der Waals surface area contributed by atoms with Gasteiger partial charge in [0.1, 0.15) is 9.84 Å². The van der Waals surface area contributed by atoms with Crippen LogP contribution in [0.25, 0.3) is 0 Å². The number of hydrogen-bond acceptors (Lipinski definition) is 4. The molecule has 0 spiro atoms. The van der Waals surface area contributed by atoms with Crippen LogP contribution < -0.4 is 0 Å². The van der Waals surface area contributed by atoms with Gasteiger partial charge in [0.2, 0.25) is 0 Å².